The van der Waals surface area contributed by atoms with Crippen LogP contribution in [0.3, 0.4) is 0 Å². The summed E-state index contributed by atoms with van der Waals surface area (Å²) in [6, 6.07) is 0. The number of hydrogen-bond acceptors (Lipinski definition) is 5. The summed E-state index contributed by atoms with van der Waals surface area (Å²) in [4.78, 5) is 23.5. The van der Waals surface area contributed by atoms with E-state index in [2.05, 4.69) is 20.2 Å². The van der Waals surface area contributed by atoms with Gasteiger partial charge in [-0.2, -0.15) is 5.10 Å². The molecular formula is C13H16N6OS. The van der Waals surface area contributed by atoms with Crippen molar-refractivity contribution in [2.24, 2.45) is 0 Å². The van der Waals surface area contributed by atoms with E-state index < -0.39 is 0 Å². The summed E-state index contributed by atoms with van der Waals surface area (Å²) in [6.07, 6.45) is 2.18. The average molecular weight is 304 g/mol. The first kappa shape index (κ1) is 13.7. The van der Waals surface area contributed by atoms with Gasteiger partial charge in [0.25, 0.3) is 0 Å². The van der Waals surface area contributed by atoms with E-state index in [0.717, 1.165) is 16.3 Å². The maximum atomic E-state index is 12.2. The van der Waals surface area contributed by atoms with Gasteiger partial charge in [-0.1, -0.05) is 0 Å². The number of rotatable bonds is 4. The SMILES string of the molecule is Cc1nc(CC(=O)N(C)Cc2c(C)nc3sccn23)n[nH]1. The summed E-state index contributed by atoms with van der Waals surface area (Å²) in [6.45, 7) is 4.30. The minimum absolute atomic E-state index is 0.0152. The number of hydrogen-bond donors (Lipinski definition) is 1. The van der Waals surface area contributed by atoms with Crippen molar-refractivity contribution >= 4 is 22.2 Å². The first-order chi connectivity index (χ1) is 10.0. The summed E-state index contributed by atoms with van der Waals surface area (Å²) in [5.74, 6) is 1.22. The molecule has 3 aromatic rings. The Balaban J connectivity index is 1.73. The number of likely N-dealkylation sites (N-methyl/N-ethyl adjacent to an activating group) is 1. The molecule has 8 heteroatoms. The van der Waals surface area contributed by atoms with Gasteiger partial charge in [-0.15, -0.1) is 11.3 Å². The van der Waals surface area contributed by atoms with Crippen LogP contribution in [0.1, 0.15) is 23.0 Å². The van der Waals surface area contributed by atoms with Crippen LogP contribution < -0.4 is 0 Å². The molecule has 0 saturated carbocycles. The van der Waals surface area contributed by atoms with Gasteiger partial charge in [-0.05, 0) is 13.8 Å². The molecule has 0 aliphatic carbocycles. The smallest absolute Gasteiger partial charge is 0.230 e. The molecule has 110 valence electrons. The number of amides is 1. The Labute approximate surface area is 125 Å². The van der Waals surface area contributed by atoms with Crippen molar-refractivity contribution in [3.05, 3.63) is 34.6 Å². The van der Waals surface area contributed by atoms with E-state index in [4.69, 9.17) is 0 Å². The Bertz CT molecular complexity index is 786. The second kappa shape index (κ2) is 5.28. The number of H-pyrrole nitrogens is 1. The van der Waals surface area contributed by atoms with Crippen molar-refractivity contribution in [1.82, 2.24) is 29.5 Å². The van der Waals surface area contributed by atoms with Gasteiger partial charge in [0, 0.05) is 18.6 Å². The highest BCUT2D eigenvalue weighted by molar-refractivity contribution is 7.15. The standard InChI is InChI=1S/C13H16N6OS/c1-8-10(19-4-5-21-13(19)14-8)7-18(3)12(20)6-11-15-9(2)16-17-11/h4-5H,6-7H2,1-3H3,(H,15,16,17). The molecular weight excluding hydrogens is 288 g/mol. The second-order valence-electron chi connectivity index (χ2n) is 4.96. The van der Waals surface area contributed by atoms with Crippen LogP contribution >= 0.6 is 11.3 Å². The first-order valence-electron chi connectivity index (χ1n) is 6.57. The number of nitrogens with one attached hydrogen (secondary N) is 1. The van der Waals surface area contributed by atoms with Gasteiger partial charge in [0.05, 0.1) is 24.4 Å². The number of carbonyl (C=O) groups excluding carboxylic acids is 1. The molecule has 3 aromatic heterocycles. The van der Waals surface area contributed by atoms with Crippen molar-refractivity contribution < 1.29 is 4.79 Å². The van der Waals surface area contributed by atoms with Crippen LogP contribution in [0.25, 0.3) is 4.96 Å². The molecule has 7 nitrogen and oxygen atoms in total. The predicted octanol–water partition coefficient (Wildman–Crippen LogP) is 1.33. The van der Waals surface area contributed by atoms with Crippen molar-refractivity contribution in [3.63, 3.8) is 0 Å². The third-order valence-electron chi connectivity index (χ3n) is 3.33. The number of fused-ring (bicyclic) bond motifs is 1. The fourth-order valence-corrected chi connectivity index (χ4v) is 2.96. The lowest BCUT2D eigenvalue weighted by molar-refractivity contribution is -0.129. The van der Waals surface area contributed by atoms with Gasteiger partial charge in [0.2, 0.25) is 5.91 Å². The van der Waals surface area contributed by atoms with Crippen LogP contribution in [0, 0.1) is 13.8 Å². The number of nitrogens with zero attached hydrogens (tertiary/aromatic N) is 5. The van der Waals surface area contributed by atoms with E-state index in [-0.39, 0.29) is 12.3 Å². The molecule has 1 amide bonds. The summed E-state index contributed by atoms with van der Waals surface area (Å²) in [7, 11) is 1.78. The Morgan fingerprint density at radius 3 is 2.95 bits per heavy atom. The molecule has 0 spiro atoms. The zero-order valence-electron chi connectivity index (χ0n) is 12.1. The van der Waals surface area contributed by atoms with Crippen LogP contribution in [0.5, 0.6) is 0 Å². The number of aromatic nitrogens is 5. The average Bonchev–Trinajstić information content (AvgIpc) is 3.10. The van der Waals surface area contributed by atoms with Gasteiger partial charge in [-0.25, -0.2) is 9.97 Å². The first-order valence-corrected chi connectivity index (χ1v) is 7.45. The minimum atomic E-state index is -0.0152. The van der Waals surface area contributed by atoms with Crippen LogP contribution in [-0.2, 0) is 17.8 Å². The number of thiazole rings is 1. The molecule has 0 aliphatic heterocycles. The molecule has 3 rings (SSSR count). The molecule has 0 radical (unpaired) electrons. The molecule has 21 heavy (non-hydrogen) atoms. The van der Waals surface area contributed by atoms with Crippen molar-refractivity contribution in [2.75, 3.05) is 7.05 Å². The van der Waals surface area contributed by atoms with Gasteiger partial charge < -0.3 is 4.90 Å². The quantitative estimate of drug-likeness (QED) is 0.788. The van der Waals surface area contributed by atoms with Gasteiger partial charge in [0.15, 0.2) is 10.8 Å². The lowest BCUT2D eigenvalue weighted by Crippen LogP contribution is -2.28. The molecule has 0 aromatic carbocycles. The maximum Gasteiger partial charge on any atom is 0.230 e. The molecule has 0 atom stereocenters. The molecule has 0 fully saturated rings. The Kier molecular flexibility index (Phi) is 3.46. The Morgan fingerprint density at radius 1 is 1.43 bits per heavy atom. The molecule has 0 bridgehead atoms. The summed E-state index contributed by atoms with van der Waals surface area (Å²) >= 11 is 1.59. The molecule has 0 unspecified atom stereocenters. The largest absolute Gasteiger partial charge is 0.339 e. The van der Waals surface area contributed by atoms with Crippen molar-refractivity contribution in [2.45, 2.75) is 26.8 Å². The summed E-state index contributed by atoms with van der Waals surface area (Å²) in [5, 5.41) is 8.73. The van der Waals surface area contributed by atoms with E-state index in [1.807, 2.05) is 29.8 Å². The minimum Gasteiger partial charge on any atom is -0.339 e. The van der Waals surface area contributed by atoms with Crippen molar-refractivity contribution in [1.29, 1.82) is 0 Å². The third kappa shape index (κ3) is 2.66. The normalized spacial score (nSPS) is 11.2. The van der Waals surface area contributed by atoms with Gasteiger partial charge >= 0.3 is 0 Å². The molecule has 0 aliphatic rings. The predicted molar refractivity (Wildman–Crippen MR) is 79.1 cm³/mol. The van der Waals surface area contributed by atoms with Crippen LogP contribution in [0.2, 0.25) is 0 Å². The Morgan fingerprint density at radius 2 is 2.24 bits per heavy atom. The molecule has 0 saturated heterocycles. The zero-order valence-corrected chi connectivity index (χ0v) is 12.9. The van der Waals surface area contributed by atoms with Crippen LogP contribution in [0.15, 0.2) is 11.6 Å². The van der Waals surface area contributed by atoms with E-state index in [9.17, 15) is 4.79 Å². The van der Waals surface area contributed by atoms with E-state index in [0.29, 0.717) is 18.2 Å². The van der Waals surface area contributed by atoms with Gasteiger partial charge in [0.1, 0.15) is 5.82 Å². The van der Waals surface area contributed by atoms with E-state index in [1.54, 1.807) is 23.3 Å². The summed E-state index contributed by atoms with van der Waals surface area (Å²) < 4.78 is 2.03. The third-order valence-corrected chi connectivity index (χ3v) is 4.08. The maximum absolute atomic E-state index is 12.2. The second-order valence-corrected chi connectivity index (χ2v) is 5.84. The van der Waals surface area contributed by atoms with E-state index >= 15 is 0 Å². The lowest BCUT2D eigenvalue weighted by Gasteiger charge is -2.16. The number of aryl methyl sites for hydroxylation is 2. The molecule has 3 heterocycles. The van der Waals surface area contributed by atoms with Gasteiger partial charge in [-0.3, -0.25) is 14.3 Å². The van der Waals surface area contributed by atoms with Crippen molar-refractivity contribution in [3.8, 4) is 0 Å². The Hall–Kier alpha value is -2.22. The molecule has 1 N–H and O–H groups in total. The van der Waals surface area contributed by atoms with E-state index in [1.165, 1.54) is 0 Å². The number of carbonyl (C=O) groups is 1. The fraction of sp³-hybridized carbons (Fsp3) is 0.385. The number of aromatic amines is 1. The number of imidazole rings is 1. The topological polar surface area (TPSA) is 79.2 Å². The lowest BCUT2D eigenvalue weighted by atomic mass is 10.3. The fourth-order valence-electron chi connectivity index (χ4n) is 2.18. The summed E-state index contributed by atoms with van der Waals surface area (Å²) in [5.41, 5.74) is 1.99. The highest BCUT2D eigenvalue weighted by Crippen LogP contribution is 2.18. The highest BCUT2D eigenvalue weighted by atomic mass is 32.1. The van der Waals surface area contributed by atoms with Crippen LogP contribution in [0.4, 0.5) is 0 Å². The zero-order chi connectivity index (χ0) is 15.0. The monoisotopic (exact) mass is 304 g/mol. The highest BCUT2D eigenvalue weighted by Gasteiger charge is 2.17. The van der Waals surface area contributed by atoms with Crippen LogP contribution in [-0.4, -0.2) is 42.4 Å².